The fourth-order valence-corrected chi connectivity index (χ4v) is 1.18. The maximum atomic E-state index is 11.4. The van der Waals surface area contributed by atoms with E-state index >= 15 is 0 Å². The van der Waals surface area contributed by atoms with Crippen molar-refractivity contribution in [2.75, 3.05) is 13.1 Å². The molecule has 0 saturated carbocycles. The molecule has 1 rings (SSSR count). The Balaban J connectivity index is 2.31. The van der Waals surface area contributed by atoms with E-state index in [4.69, 9.17) is 5.73 Å². The number of rotatable bonds is 2. The van der Waals surface area contributed by atoms with Crippen molar-refractivity contribution in [3.05, 3.63) is 0 Å². The molecular formula is C8H16N2O. The first-order valence-electron chi connectivity index (χ1n) is 4.19. The van der Waals surface area contributed by atoms with Gasteiger partial charge in [0.15, 0.2) is 0 Å². The van der Waals surface area contributed by atoms with Crippen molar-refractivity contribution in [2.45, 2.75) is 26.3 Å². The van der Waals surface area contributed by atoms with Gasteiger partial charge in [0.05, 0.1) is 0 Å². The SMILES string of the molecule is CCC(C)C(=O)N1CC(N)C1. The highest BCUT2D eigenvalue weighted by Crippen LogP contribution is 2.12. The third kappa shape index (κ3) is 1.71. The second-order valence-electron chi connectivity index (χ2n) is 3.31. The molecule has 1 heterocycles. The molecule has 1 amide bonds. The van der Waals surface area contributed by atoms with Gasteiger partial charge in [0, 0.05) is 25.0 Å². The van der Waals surface area contributed by atoms with Gasteiger partial charge in [-0.2, -0.15) is 0 Å². The molecule has 1 fully saturated rings. The van der Waals surface area contributed by atoms with Crippen LogP contribution in [0.25, 0.3) is 0 Å². The van der Waals surface area contributed by atoms with E-state index < -0.39 is 0 Å². The lowest BCUT2D eigenvalue weighted by atomic mass is 10.0. The van der Waals surface area contributed by atoms with Gasteiger partial charge in [0.2, 0.25) is 5.91 Å². The lowest BCUT2D eigenvalue weighted by molar-refractivity contribution is -0.139. The molecule has 2 N–H and O–H groups in total. The Labute approximate surface area is 67.5 Å². The van der Waals surface area contributed by atoms with E-state index in [1.807, 2.05) is 18.7 Å². The number of hydrogen-bond acceptors (Lipinski definition) is 2. The minimum Gasteiger partial charge on any atom is -0.339 e. The number of nitrogens with zero attached hydrogens (tertiary/aromatic N) is 1. The molecule has 64 valence electrons. The number of hydrogen-bond donors (Lipinski definition) is 1. The summed E-state index contributed by atoms with van der Waals surface area (Å²) in [5, 5.41) is 0. The highest BCUT2D eigenvalue weighted by molar-refractivity contribution is 5.79. The van der Waals surface area contributed by atoms with Crippen molar-refractivity contribution in [1.82, 2.24) is 4.90 Å². The van der Waals surface area contributed by atoms with Crippen molar-refractivity contribution in [1.29, 1.82) is 0 Å². The largest absolute Gasteiger partial charge is 0.339 e. The van der Waals surface area contributed by atoms with Gasteiger partial charge in [-0.3, -0.25) is 4.79 Å². The summed E-state index contributed by atoms with van der Waals surface area (Å²) in [6.45, 7) is 5.50. The first-order chi connectivity index (χ1) is 5.15. The summed E-state index contributed by atoms with van der Waals surface area (Å²) >= 11 is 0. The van der Waals surface area contributed by atoms with Crippen LogP contribution in [0.2, 0.25) is 0 Å². The quantitative estimate of drug-likeness (QED) is 0.621. The lowest BCUT2D eigenvalue weighted by Gasteiger charge is -2.38. The van der Waals surface area contributed by atoms with E-state index in [2.05, 4.69) is 0 Å². The molecule has 1 aliphatic rings. The molecule has 3 nitrogen and oxygen atoms in total. The lowest BCUT2D eigenvalue weighted by Crippen LogP contribution is -2.58. The highest BCUT2D eigenvalue weighted by Gasteiger charge is 2.29. The Hall–Kier alpha value is -0.570. The Bertz CT molecular complexity index is 152. The molecule has 0 aliphatic carbocycles. The molecule has 1 atom stereocenters. The molecule has 0 spiro atoms. The minimum absolute atomic E-state index is 0.169. The zero-order valence-electron chi connectivity index (χ0n) is 7.21. The van der Waals surface area contributed by atoms with Crippen LogP contribution in [0.4, 0.5) is 0 Å². The molecule has 3 heteroatoms. The molecule has 0 aromatic carbocycles. The number of amides is 1. The molecule has 0 aromatic rings. The van der Waals surface area contributed by atoms with Crippen LogP contribution in [0, 0.1) is 5.92 Å². The van der Waals surface area contributed by atoms with Crippen molar-refractivity contribution < 1.29 is 4.79 Å². The summed E-state index contributed by atoms with van der Waals surface area (Å²) in [7, 11) is 0. The third-order valence-corrected chi connectivity index (χ3v) is 2.26. The molecule has 1 aliphatic heterocycles. The van der Waals surface area contributed by atoms with Crippen LogP contribution < -0.4 is 5.73 Å². The van der Waals surface area contributed by atoms with E-state index in [1.165, 1.54) is 0 Å². The molecule has 1 unspecified atom stereocenters. The number of carbonyl (C=O) groups excluding carboxylic acids is 1. The maximum Gasteiger partial charge on any atom is 0.225 e. The van der Waals surface area contributed by atoms with Gasteiger partial charge in [-0.15, -0.1) is 0 Å². The predicted octanol–water partition coefficient (Wildman–Crippen LogP) is 0.202. The second-order valence-corrected chi connectivity index (χ2v) is 3.31. The summed E-state index contributed by atoms with van der Waals surface area (Å²) < 4.78 is 0. The summed E-state index contributed by atoms with van der Waals surface area (Å²) in [4.78, 5) is 13.2. The second kappa shape index (κ2) is 3.22. The van der Waals surface area contributed by atoms with Crippen molar-refractivity contribution >= 4 is 5.91 Å². The average molecular weight is 156 g/mol. The molecular weight excluding hydrogens is 140 g/mol. The van der Waals surface area contributed by atoms with E-state index in [9.17, 15) is 4.79 Å². The van der Waals surface area contributed by atoms with E-state index in [0.29, 0.717) is 0 Å². The first kappa shape index (κ1) is 8.53. The first-order valence-corrected chi connectivity index (χ1v) is 4.19. The van der Waals surface area contributed by atoms with Crippen LogP contribution in [0.3, 0.4) is 0 Å². The molecule has 0 aromatic heterocycles. The van der Waals surface area contributed by atoms with Gasteiger partial charge in [0.1, 0.15) is 0 Å². The maximum absolute atomic E-state index is 11.4. The summed E-state index contributed by atoms with van der Waals surface area (Å²) in [5.41, 5.74) is 5.55. The van der Waals surface area contributed by atoms with Crippen molar-refractivity contribution in [2.24, 2.45) is 11.7 Å². The van der Waals surface area contributed by atoms with Crippen molar-refractivity contribution in [3.8, 4) is 0 Å². The Morgan fingerprint density at radius 2 is 2.27 bits per heavy atom. The zero-order chi connectivity index (χ0) is 8.43. The van der Waals surface area contributed by atoms with Crippen molar-refractivity contribution in [3.63, 3.8) is 0 Å². The highest BCUT2D eigenvalue weighted by atomic mass is 16.2. The third-order valence-electron chi connectivity index (χ3n) is 2.26. The van der Waals surface area contributed by atoms with E-state index in [-0.39, 0.29) is 17.9 Å². The molecule has 0 bridgehead atoms. The zero-order valence-corrected chi connectivity index (χ0v) is 7.21. The van der Waals surface area contributed by atoms with Gasteiger partial charge in [-0.05, 0) is 6.42 Å². The average Bonchev–Trinajstić information content (AvgIpc) is 1.96. The molecule has 11 heavy (non-hydrogen) atoms. The summed E-state index contributed by atoms with van der Waals surface area (Å²) in [6.07, 6.45) is 0.921. The van der Waals surface area contributed by atoms with Crippen LogP contribution >= 0.6 is 0 Å². The minimum atomic E-state index is 0.169. The monoisotopic (exact) mass is 156 g/mol. The fourth-order valence-electron chi connectivity index (χ4n) is 1.18. The van der Waals surface area contributed by atoms with Gasteiger partial charge in [0.25, 0.3) is 0 Å². The van der Waals surface area contributed by atoms with Gasteiger partial charge >= 0.3 is 0 Å². The topological polar surface area (TPSA) is 46.3 Å². The molecule has 0 radical (unpaired) electrons. The normalized spacial score (nSPS) is 21.2. The van der Waals surface area contributed by atoms with Gasteiger partial charge in [-0.1, -0.05) is 13.8 Å². The smallest absolute Gasteiger partial charge is 0.225 e. The van der Waals surface area contributed by atoms with Crippen LogP contribution in [0.15, 0.2) is 0 Å². The van der Waals surface area contributed by atoms with Crippen LogP contribution in [-0.2, 0) is 4.79 Å². The standard InChI is InChI=1S/C8H16N2O/c1-3-6(2)8(11)10-4-7(9)5-10/h6-7H,3-5,9H2,1-2H3. The van der Waals surface area contributed by atoms with Gasteiger partial charge in [-0.25, -0.2) is 0 Å². The van der Waals surface area contributed by atoms with E-state index in [0.717, 1.165) is 19.5 Å². The number of carbonyl (C=O) groups is 1. The summed E-state index contributed by atoms with van der Waals surface area (Å²) in [6, 6.07) is 0.225. The van der Waals surface area contributed by atoms with Crippen LogP contribution in [0.1, 0.15) is 20.3 Å². The number of nitrogens with two attached hydrogens (primary N) is 1. The Morgan fingerprint density at radius 3 is 2.64 bits per heavy atom. The predicted molar refractivity (Wildman–Crippen MR) is 44.0 cm³/mol. The summed E-state index contributed by atoms with van der Waals surface area (Å²) in [5.74, 6) is 0.428. The number of likely N-dealkylation sites (tertiary alicyclic amines) is 1. The Kier molecular flexibility index (Phi) is 2.49. The van der Waals surface area contributed by atoms with Gasteiger partial charge < -0.3 is 10.6 Å². The molecule has 1 saturated heterocycles. The fraction of sp³-hybridized carbons (Fsp3) is 0.875. The van der Waals surface area contributed by atoms with Crippen LogP contribution in [-0.4, -0.2) is 29.9 Å². The van der Waals surface area contributed by atoms with Crippen LogP contribution in [0.5, 0.6) is 0 Å². The van der Waals surface area contributed by atoms with E-state index in [1.54, 1.807) is 0 Å². The Morgan fingerprint density at radius 1 is 1.73 bits per heavy atom.